The van der Waals surface area contributed by atoms with Gasteiger partial charge in [-0.3, -0.25) is 4.79 Å². The smallest absolute Gasteiger partial charge is 0.349 e. The topological polar surface area (TPSA) is 84.1 Å². The zero-order valence-electron chi connectivity index (χ0n) is 19.2. The minimum absolute atomic E-state index is 0.140. The molecule has 1 heterocycles. The Balaban J connectivity index is 2.14. The summed E-state index contributed by atoms with van der Waals surface area (Å²) in [6, 6.07) is 11.4. The number of nitrogens with one attached hydrogen (secondary N) is 1. The van der Waals surface area contributed by atoms with Crippen LogP contribution >= 0.6 is 0 Å². The van der Waals surface area contributed by atoms with Crippen LogP contribution in [0.25, 0.3) is 6.08 Å². The van der Waals surface area contributed by atoms with E-state index in [4.69, 9.17) is 4.74 Å². The van der Waals surface area contributed by atoms with Gasteiger partial charge in [0.2, 0.25) is 0 Å². The molecule has 164 valence electrons. The second kappa shape index (κ2) is 10.6. The summed E-state index contributed by atoms with van der Waals surface area (Å²) in [6.45, 7) is 12.5. The molecule has 1 amide bonds. The van der Waals surface area contributed by atoms with Crippen molar-refractivity contribution in [2.45, 2.75) is 66.5 Å². The van der Waals surface area contributed by atoms with Crippen LogP contribution < -0.4 is 5.32 Å². The average Bonchev–Trinajstić information content (AvgIpc) is 2.99. The van der Waals surface area contributed by atoms with E-state index in [0.717, 1.165) is 35.5 Å². The van der Waals surface area contributed by atoms with Crippen LogP contribution in [0.1, 0.15) is 62.5 Å². The van der Waals surface area contributed by atoms with Gasteiger partial charge < -0.3 is 14.6 Å². The van der Waals surface area contributed by atoms with Gasteiger partial charge in [-0.25, -0.2) is 4.79 Å². The van der Waals surface area contributed by atoms with Gasteiger partial charge in [0.15, 0.2) is 6.10 Å². The van der Waals surface area contributed by atoms with Crippen molar-refractivity contribution in [3.63, 3.8) is 0 Å². The molecule has 6 nitrogen and oxygen atoms in total. The fourth-order valence-corrected chi connectivity index (χ4v) is 3.46. The van der Waals surface area contributed by atoms with E-state index in [2.05, 4.69) is 16.8 Å². The Morgan fingerprint density at radius 1 is 1.23 bits per heavy atom. The fraction of sp³-hybridized carbons (Fsp3) is 0.400. The summed E-state index contributed by atoms with van der Waals surface area (Å²) in [6.07, 6.45) is 1.46. The number of nitriles is 1. The molecule has 2 rings (SSSR count). The number of hydrogen-bond donors (Lipinski definition) is 1. The van der Waals surface area contributed by atoms with Gasteiger partial charge in [-0.2, -0.15) is 5.26 Å². The Morgan fingerprint density at radius 2 is 1.90 bits per heavy atom. The van der Waals surface area contributed by atoms with Gasteiger partial charge in [-0.1, -0.05) is 39.0 Å². The Morgan fingerprint density at radius 3 is 2.52 bits per heavy atom. The van der Waals surface area contributed by atoms with E-state index in [1.54, 1.807) is 0 Å². The zero-order chi connectivity index (χ0) is 23.1. The number of carbonyl (C=O) groups is 2. The number of carbonyl (C=O) groups excluding carboxylic acids is 2. The summed E-state index contributed by atoms with van der Waals surface area (Å²) in [5, 5.41) is 12.3. The fourth-order valence-electron chi connectivity index (χ4n) is 3.46. The number of esters is 1. The highest BCUT2D eigenvalue weighted by molar-refractivity contribution is 6.01. The molecule has 1 atom stereocenters. The minimum Gasteiger partial charge on any atom is -0.448 e. The van der Waals surface area contributed by atoms with Crippen LogP contribution in [0.15, 0.2) is 35.9 Å². The van der Waals surface area contributed by atoms with E-state index in [0.29, 0.717) is 5.69 Å². The van der Waals surface area contributed by atoms with Crippen molar-refractivity contribution >= 4 is 23.6 Å². The number of para-hydroxylation sites is 1. The minimum atomic E-state index is -1.04. The molecular weight excluding hydrogens is 390 g/mol. The number of rotatable bonds is 8. The summed E-state index contributed by atoms with van der Waals surface area (Å²) in [4.78, 5) is 25.1. The number of anilines is 1. The first-order chi connectivity index (χ1) is 14.7. The number of nitrogens with zero attached hydrogens (tertiary/aromatic N) is 2. The molecule has 0 fully saturated rings. The third-order valence-corrected chi connectivity index (χ3v) is 5.19. The molecule has 1 N–H and O–H groups in total. The highest BCUT2D eigenvalue weighted by Crippen LogP contribution is 2.24. The van der Waals surface area contributed by atoms with Crippen LogP contribution in [0.5, 0.6) is 0 Å². The number of ether oxygens (including phenoxy) is 1. The van der Waals surface area contributed by atoms with Gasteiger partial charge in [-0.15, -0.1) is 0 Å². The molecule has 0 unspecified atom stereocenters. The quantitative estimate of drug-likeness (QED) is 0.364. The van der Waals surface area contributed by atoms with Crippen LogP contribution in [-0.2, 0) is 20.9 Å². The lowest BCUT2D eigenvalue weighted by molar-refractivity contribution is -0.148. The average molecular weight is 422 g/mol. The molecule has 6 heteroatoms. The highest BCUT2D eigenvalue weighted by atomic mass is 16.5. The van der Waals surface area contributed by atoms with Gasteiger partial charge >= 0.3 is 5.97 Å². The largest absolute Gasteiger partial charge is 0.448 e. The summed E-state index contributed by atoms with van der Waals surface area (Å²) >= 11 is 0. The second-order valence-electron chi connectivity index (χ2n) is 7.93. The summed E-state index contributed by atoms with van der Waals surface area (Å²) in [5.41, 5.74) is 4.38. The van der Waals surface area contributed by atoms with Crippen molar-refractivity contribution < 1.29 is 14.3 Å². The van der Waals surface area contributed by atoms with Crippen LogP contribution in [0.3, 0.4) is 0 Å². The first-order valence-electron chi connectivity index (χ1n) is 10.6. The van der Waals surface area contributed by atoms with Crippen molar-refractivity contribution in [2.24, 2.45) is 0 Å². The number of aromatic nitrogens is 1. The van der Waals surface area contributed by atoms with E-state index >= 15 is 0 Å². The molecule has 31 heavy (non-hydrogen) atoms. The number of amides is 1. The van der Waals surface area contributed by atoms with E-state index < -0.39 is 18.0 Å². The number of hydrogen-bond acceptors (Lipinski definition) is 4. The molecule has 0 spiro atoms. The van der Waals surface area contributed by atoms with Crippen molar-refractivity contribution in [2.75, 3.05) is 5.32 Å². The van der Waals surface area contributed by atoms with Crippen molar-refractivity contribution in [1.29, 1.82) is 5.26 Å². The van der Waals surface area contributed by atoms with Gasteiger partial charge in [0, 0.05) is 23.6 Å². The SMILES string of the molecule is CCCn1c(C)cc(/C=C(\C#N)C(=O)O[C@H](C)C(=O)Nc2ccccc2C(C)C)c1C. The monoisotopic (exact) mass is 421 g/mol. The molecule has 0 radical (unpaired) electrons. The zero-order valence-corrected chi connectivity index (χ0v) is 19.2. The number of aryl methyl sites for hydroxylation is 1. The molecule has 2 aromatic rings. The molecular formula is C25H31N3O3. The van der Waals surface area contributed by atoms with Gasteiger partial charge in [0.25, 0.3) is 5.91 Å². The van der Waals surface area contributed by atoms with Crippen LogP contribution in [0.2, 0.25) is 0 Å². The van der Waals surface area contributed by atoms with Crippen molar-refractivity contribution in [3.8, 4) is 6.07 Å². The Hall–Kier alpha value is -3.33. The molecule has 0 aliphatic rings. The predicted molar refractivity (Wildman–Crippen MR) is 123 cm³/mol. The van der Waals surface area contributed by atoms with Gasteiger partial charge in [0.1, 0.15) is 11.6 Å². The Kier molecular flexibility index (Phi) is 8.21. The van der Waals surface area contributed by atoms with E-state index in [1.165, 1.54) is 13.0 Å². The second-order valence-corrected chi connectivity index (χ2v) is 7.93. The maximum atomic E-state index is 12.6. The van der Waals surface area contributed by atoms with Crippen LogP contribution in [0.4, 0.5) is 5.69 Å². The summed E-state index contributed by atoms with van der Waals surface area (Å²) in [5.74, 6) is -1.03. The van der Waals surface area contributed by atoms with Crippen LogP contribution in [-0.4, -0.2) is 22.5 Å². The normalized spacial score (nSPS) is 12.4. The Bertz CT molecular complexity index is 1030. The number of benzene rings is 1. The highest BCUT2D eigenvalue weighted by Gasteiger charge is 2.22. The Labute approximate surface area is 184 Å². The molecule has 0 aliphatic heterocycles. The standard InChI is InChI=1S/C25H31N3O3/c1-7-12-28-17(4)13-20(18(28)5)14-21(15-26)25(30)31-19(6)24(29)27-23-11-9-8-10-22(23)16(2)3/h8-11,13-14,16,19H,7,12H2,1-6H3,(H,27,29)/b21-14+/t19-/m1/s1. The third-order valence-electron chi connectivity index (χ3n) is 5.19. The van der Waals surface area contributed by atoms with Gasteiger partial charge in [0.05, 0.1) is 0 Å². The lowest BCUT2D eigenvalue weighted by Gasteiger charge is -2.17. The van der Waals surface area contributed by atoms with E-state index in [-0.39, 0.29) is 11.5 Å². The molecule has 1 aromatic carbocycles. The maximum absolute atomic E-state index is 12.6. The molecule has 0 saturated heterocycles. The van der Waals surface area contributed by atoms with E-state index in [1.807, 2.05) is 64.1 Å². The third kappa shape index (κ3) is 5.85. The molecule has 0 saturated carbocycles. The van der Waals surface area contributed by atoms with Gasteiger partial charge in [-0.05, 0) is 62.4 Å². The first-order valence-corrected chi connectivity index (χ1v) is 10.6. The predicted octanol–water partition coefficient (Wildman–Crippen LogP) is 5.12. The molecule has 0 aliphatic carbocycles. The van der Waals surface area contributed by atoms with Crippen molar-refractivity contribution in [3.05, 3.63) is 58.4 Å². The summed E-state index contributed by atoms with van der Waals surface area (Å²) in [7, 11) is 0. The first kappa shape index (κ1) is 23.9. The lowest BCUT2D eigenvalue weighted by atomic mass is 10.0. The maximum Gasteiger partial charge on any atom is 0.349 e. The van der Waals surface area contributed by atoms with Crippen molar-refractivity contribution in [1.82, 2.24) is 4.57 Å². The van der Waals surface area contributed by atoms with E-state index in [9.17, 15) is 14.9 Å². The molecule has 1 aromatic heterocycles. The van der Waals surface area contributed by atoms with Crippen LogP contribution in [0, 0.1) is 25.2 Å². The molecule has 0 bridgehead atoms. The lowest BCUT2D eigenvalue weighted by Crippen LogP contribution is -2.30. The summed E-state index contributed by atoms with van der Waals surface area (Å²) < 4.78 is 7.43.